The smallest absolute Gasteiger partial charge is 0.352 e. The van der Waals surface area contributed by atoms with Crippen molar-refractivity contribution in [2.45, 2.75) is 45.3 Å². The van der Waals surface area contributed by atoms with Gasteiger partial charge in [-0.2, -0.15) is 13.2 Å². The van der Waals surface area contributed by atoms with Crippen LogP contribution in [0.3, 0.4) is 0 Å². The van der Waals surface area contributed by atoms with Crippen molar-refractivity contribution in [2.24, 2.45) is 11.8 Å². The van der Waals surface area contributed by atoms with E-state index in [9.17, 15) is 22.4 Å². The van der Waals surface area contributed by atoms with E-state index in [0.717, 1.165) is 0 Å². The molecule has 0 spiro atoms. The minimum Gasteiger partial charge on any atom is -0.352 e. The quantitative estimate of drug-likeness (QED) is 0.835. The van der Waals surface area contributed by atoms with Gasteiger partial charge in [0.2, 0.25) is 5.91 Å². The third-order valence-electron chi connectivity index (χ3n) is 4.21. The molecule has 122 valence electrons. The molecule has 1 aliphatic carbocycles. The average Bonchev–Trinajstić information content (AvgIpc) is 2.47. The molecule has 1 saturated carbocycles. The number of carbonyl (C=O) groups excluding carboxylic acids is 1. The number of benzene rings is 1. The van der Waals surface area contributed by atoms with E-state index in [4.69, 9.17) is 0 Å². The summed E-state index contributed by atoms with van der Waals surface area (Å²) in [6.07, 6.45) is -2.92. The molecule has 1 aromatic rings. The molecular weight excluding hydrogens is 298 g/mol. The van der Waals surface area contributed by atoms with Crippen molar-refractivity contribution in [3.05, 3.63) is 35.1 Å². The van der Waals surface area contributed by atoms with Gasteiger partial charge in [-0.05, 0) is 37.0 Å². The van der Waals surface area contributed by atoms with Gasteiger partial charge in [0.1, 0.15) is 5.82 Å². The molecule has 22 heavy (non-hydrogen) atoms. The molecule has 0 aliphatic heterocycles. The third-order valence-corrected chi connectivity index (χ3v) is 4.21. The maximum Gasteiger partial charge on any atom is 0.392 e. The van der Waals surface area contributed by atoms with Gasteiger partial charge < -0.3 is 5.32 Å². The zero-order chi connectivity index (χ0) is 16.3. The molecule has 0 saturated heterocycles. The van der Waals surface area contributed by atoms with Gasteiger partial charge in [-0.3, -0.25) is 4.79 Å². The predicted molar refractivity (Wildman–Crippen MR) is 74.5 cm³/mol. The van der Waals surface area contributed by atoms with E-state index in [-0.39, 0.29) is 25.2 Å². The van der Waals surface area contributed by atoms with Crippen molar-refractivity contribution in [3.8, 4) is 0 Å². The number of rotatable bonds is 3. The Morgan fingerprint density at radius 1 is 1.27 bits per heavy atom. The molecule has 1 aliphatic rings. The maximum atomic E-state index is 13.2. The van der Waals surface area contributed by atoms with Gasteiger partial charge in [0.25, 0.3) is 0 Å². The molecule has 1 fully saturated rings. The van der Waals surface area contributed by atoms with Gasteiger partial charge >= 0.3 is 6.18 Å². The highest BCUT2D eigenvalue weighted by Gasteiger charge is 2.47. The van der Waals surface area contributed by atoms with Crippen molar-refractivity contribution in [2.75, 3.05) is 0 Å². The van der Waals surface area contributed by atoms with Crippen LogP contribution in [0.15, 0.2) is 18.2 Å². The SMILES string of the molecule is Cc1cc(CNC(=O)C2CCCCC2C(F)(F)F)ccc1F. The van der Waals surface area contributed by atoms with Crippen LogP contribution in [0.1, 0.15) is 36.8 Å². The molecule has 0 bridgehead atoms. The number of carbonyl (C=O) groups is 1. The summed E-state index contributed by atoms with van der Waals surface area (Å²) in [7, 11) is 0. The third kappa shape index (κ3) is 3.99. The molecule has 1 N–H and O–H groups in total. The lowest BCUT2D eigenvalue weighted by atomic mass is 9.78. The van der Waals surface area contributed by atoms with Crippen molar-refractivity contribution in [1.29, 1.82) is 0 Å². The van der Waals surface area contributed by atoms with Crippen LogP contribution in [0.2, 0.25) is 0 Å². The molecule has 2 unspecified atom stereocenters. The zero-order valence-corrected chi connectivity index (χ0v) is 12.3. The van der Waals surface area contributed by atoms with Crippen LogP contribution in [0.25, 0.3) is 0 Å². The summed E-state index contributed by atoms with van der Waals surface area (Å²) in [5.41, 5.74) is 1.12. The van der Waals surface area contributed by atoms with E-state index < -0.39 is 23.9 Å². The Kier molecular flexibility index (Phi) is 5.08. The summed E-state index contributed by atoms with van der Waals surface area (Å²) in [5, 5.41) is 2.56. The normalized spacial score (nSPS) is 22.4. The first-order valence-corrected chi connectivity index (χ1v) is 7.38. The van der Waals surface area contributed by atoms with Crippen LogP contribution in [-0.4, -0.2) is 12.1 Å². The number of aryl methyl sites for hydroxylation is 1. The maximum absolute atomic E-state index is 13.2. The van der Waals surface area contributed by atoms with E-state index in [2.05, 4.69) is 5.32 Å². The van der Waals surface area contributed by atoms with Gasteiger partial charge in [0.15, 0.2) is 0 Å². The van der Waals surface area contributed by atoms with E-state index in [0.29, 0.717) is 24.0 Å². The van der Waals surface area contributed by atoms with Crippen LogP contribution in [0, 0.1) is 24.6 Å². The summed E-state index contributed by atoms with van der Waals surface area (Å²) < 4.78 is 52.1. The fourth-order valence-corrected chi connectivity index (χ4v) is 2.97. The highest BCUT2D eigenvalue weighted by Crippen LogP contribution is 2.41. The van der Waals surface area contributed by atoms with Gasteiger partial charge in [-0.1, -0.05) is 25.0 Å². The summed E-state index contributed by atoms with van der Waals surface area (Å²) in [6.45, 7) is 1.71. The Balaban J connectivity index is 1.99. The Morgan fingerprint density at radius 3 is 2.59 bits per heavy atom. The van der Waals surface area contributed by atoms with Gasteiger partial charge in [-0.15, -0.1) is 0 Å². The van der Waals surface area contributed by atoms with Crippen molar-refractivity contribution in [1.82, 2.24) is 5.32 Å². The number of nitrogens with one attached hydrogen (secondary N) is 1. The number of hydrogen-bond donors (Lipinski definition) is 1. The molecular formula is C16H19F4NO. The minimum absolute atomic E-state index is 0.0112. The van der Waals surface area contributed by atoms with Crippen LogP contribution < -0.4 is 5.32 Å². The second-order valence-electron chi connectivity index (χ2n) is 5.84. The Bertz CT molecular complexity index is 541. The highest BCUT2D eigenvalue weighted by molar-refractivity contribution is 5.79. The molecule has 6 heteroatoms. The fourth-order valence-electron chi connectivity index (χ4n) is 2.97. The Hall–Kier alpha value is -1.59. The summed E-state index contributed by atoms with van der Waals surface area (Å²) in [6, 6.07) is 4.39. The van der Waals surface area contributed by atoms with Gasteiger partial charge in [0, 0.05) is 12.5 Å². The second kappa shape index (κ2) is 6.67. The lowest BCUT2D eigenvalue weighted by Gasteiger charge is -2.32. The van der Waals surface area contributed by atoms with Crippen molar-refractivity contribution in [3.63, 3.8) is 0 Å². The summed E-state index contributed by atoms with van der Waals surface area (Å²) >= 11 is 0. The average molecular weight is 317 g/mol. The van der Waals surface area contributed by atoms with Gasteiger partial charge in [-0.25, -0.2) is 4.39 Å². The highest BCUT2D eigenvalue weighted by atomic mass is 19.4. The van der Waals surface area contributed by atoms with E-state index in [1.807, 2.05) is 0 Å². The predicted octanol–water partition coefficient (Wildman–Crippen LogP) is 4.12. The second-order valence-corrected chi connectivity index (χ2v) is 5.84. The molecule has 1 aromatic carbocycles. The van der Waals surface area contributed by atoms with E-state index in [1.165, 1.54) is 12.1 Å². The first-order chi connectivity index (χ1) is 10.3. The van der Waals surface area contributed by atoms with Crippen LogP contribution in [-0.2, 0) is 11.3 Å². The van der Waals surface area contributed by atoms with Crippen LogP contribution in [0.5, 0.6) is 0 Å². The minimum atomic E-state index is -4.34. The zero-order valence-electron chi connectivity index (χ0n) is 12.3. The number of halogens is 4. The summed E-state index contributed by atoms with van der Waals surface area (Å²) in [5.74, 6) is -3.49. The molecule has 0 aromatic heterocycles. The molecule has 1 amide bonds. The molecule has 2 atom stereocenters. The monoisotopic (exact) mass is 317 g/mol. The number of alkyl halides is 3. The largest absolute Gasteiger partial charge is 0.392 e. The molecule has 2 nitrogen and oxygen atoms in total. The van der Waals surface area contributed by atoms with Gasteiger partial charge in [0.05, 0.1) is 5.92 Å². The van der Waals surface area contributed by atoms with E-state index >= 15 is 0 Å². The lowest BCUT2D eigenvalue weighted by molar-refractivity contribution is -0.198. The Morgan fingerprint density at radius 2 is 1.95 bits per heavy atom. The van der Waals surface area contributed by atoms with E-state index in [1.54, 1.807) is 13.0 Å². The Labute approximate surface area is 126 Å². The topological polar surface area (TPSA) is 29.1 Å². The molecule has 2 rings (SSSR count). The van der Waals surface area contributed by atoms with Crippen LogP contribution in [0.4, 0.5) is 17.6 Å². The summed E-state index contributed by atoms with van der Waals surface area (Å²) in [4.78, 5) is 12.1. The lowest BCUT2D eigenvalue weighted by Crippen LogP contribution is -2.42. The standard InChI is InChI=1S/C16H19F4NO/c1-10-8-11(6-7-14(10)17)9-21-15(22)12-4-2-3-5-13(12)16(18,19)20/h6-8,12-13H,2-5,9H2,1H3,(H,21,22). The van der Waals surface area contributed by atoms with Crippen molar-refractivity contribution >= 4 is 5.91 Å². The fraction of sp³-hybridized carbons (Fsp3) is 0.562. The molecule has 0 heterocycles. The molecule has 0 radical (unpaired) electrons. The van der Waals surface area contributed by atoms with Crippen LogP contribution >= 0.6 is 0 Å². The number of hydrogen-bond acceptors (Lipinski definition) is 1. The first kappa shape index (κ1) is 16.8. The number of amides is 1. The van der Waals surface area contributed by atoms with Crippen molar-refractivity contribution < 1.29 is 22.4 Å². The first-order valence-electron chi connectivity index (χ1n) is 7.38.